The lowest BCUT2D eigenvalue weighted by Crippen LogP contribution is -2.24. The molecule has 124 valence electrons. The van der Waals surface area contributed by atoms with Gasteiger partial charge in [0.1, 0.15) is 5.76 Å². The van der Waals surface area contributed by atoms with Gasteiger partial charge in [-0.1, -0.05) is 32.0 Å². The Bertz CT molecular complexity index is 818. The summed E-state index contributed by atoms with van der Waals surface area (Å²) in [6.07, 6.45) is 1.60. The molecule has 0 aliphatic rings. The first kappa shape index (κ1) is 16.1. The molecule has 5 nitrogen and oxygen atoms in total. The van der Waals surface area contributed by atoms with Crippen molar-refractivity contribution in [1.82, 2.24) is 15.1 Å². The average molecular weight is 323 g/mol. The number of carbonyl (C=O) groups is 1. The van der Waals surface area contributed by atoms with Crippen molar-refractivity contribution in [1.29, 1.82) is 0 Å². The zero-order chi connectivity index (χ0) is 17.1. The molecule has 1 N–H and O–H groups in total. The van der Waals surface area contributed by atoms with E-state index in [0.717, 1.165) is 22.8 Å². The summed E-state index contributed by atoms with van der Waals surface area (Å²) in [5.74, 6) is 0.758. The maximum Gasteiger partial charge on any atom is 0.255 e. The van der Waals surface area contributed by atoms with Crippen molar-refractivity contribution in [2.24, 2.45) is 0 Å². The van der Waals surface area contributed by atoms with E-state index in [1.54, 1.807) is 12.3 Å². The molecule has 3 aromatic rings. The molecule has 1 aromatic carbocycles. The minimum atomic E-state index is -0.130. The SMILES string of the molecule is Cc1nn(-c2ccccc2)c(C(C)C)c1C(=O)NCc1ccco1. The number of hydrogen-bond donors (Lipinski definition) is 1. The number of furan rings is 1. The second kappa shape index (κ2) is 6.74. The molecule has 0 atom stereocenters. The van der Waals surface area contributed by atoms with E-state index in [2.05, 4.69) is 24.3 Å². The molecule has 2 aromatic heterocycles. The van der Waals surface area contributed by atoms with Crippen molar-refractivity contribution in [3.8, 4) is 5.69 Å². The minimum Gasteiger partial charge on any atom is -0.467 e. The van der Waals surface area contributed by atoms with Crippen LogP contribution in [0, 0.1) is 6.92 Å². The van der Waals surface area contributed by atoms with Crippen molar-refractivity contribution in [2.75, 3.05) is 0 Å². The van der Waals surface area contributed by atoms with E-state index in [1.807, 2.05) is 48.0 Å². The number of carbonyl (C=O) groups excluding carboxylic acids is 1. The molecule has 0 saturated heterocycles. The van der Waals surface area contributed by atoms with Gasteiger partial charge in [-0.05, 0) is 37.1 Å². The van der Waals surface area contributed by atoms with E-state index in [-0.39, 0.29) is 11.8 Å². The van der Waals surface area contributed by atoms with Gasteiger partial charge < -0.3 is 9.73 Å². The van der Waals surface area contributed by atoms with Crippen LogP contribution in [0.5, 0.6) is 0 Å². The fraction of sp³-hybridized carbons (Fsp3) is 0.263. The van der Waals surface area contributed by atoms with Gasteiger partial charge in [0, 0.05) is 0 Å². The maximum absolute atomic E-state index is 12.7. The number of para-hydroxylation sites is 1. The fourth-order valence-electron chi connectivity index (χ4n) is 2.79. The molecule has 24 heavy (non-hydrogen) atoms. The third kappa shape index (κ3) is 3.11. The maximum atomic E-state index is 12.7. The van der Waals surface area contributed by atoms with Gasteiger partial charge in [-0.3, -0.25) is 4.79 Å². The van der Waals surface area contributed by atoms with E-state index in [4.69, 9.17) is 4.42 Å². The summed E-state index contributed by atoms with van der Waals surface area (Å²) in [6.45, 7) is 6.37. The standard InChI is InChI=1S/C19H21N3O2/c1-13(2)18-17(19(23)20-12-16-10-7-11-24-16)14(3)21-22(18)15-8-5-4-6-9-15/h4-11,13H,12H2,1-3H3,(H,20,23). The number of hydrogen-bond acceptors (Lipinski definition) is 3. The zero-order valence-corrected chi connectivity index (χ0v) is 14.1. The summed E-state index contributed by atoms with van der Waals surface area (Å²) >= 11 is 0. The smallest absolute Gasteiger partial charge is 0.255 e. The molecule has 0 aliphatic heterocycles. The molecule has 0 aliphatic carbocycles. The van der Waals surface area contributed by atoms with Crippen LogP contribution in [0.1, 0.15) is 47.3 Å². The quantitative estimate of drug-likeness (QED) is 0.776. The van der Waals surface area contributed by atoms with Gasteiger partial charge >= 0.3 is 0 Å². The number of nitrogens with zero attached hydrogens (tertiary/aromatic N) is 2. The number of aromatic nitrogens is 2. The lowest BCUT2D eigenvalue weighted by molar-refractivity contribution is 0.0946. The first-order valence-electron chi connectivity index (χ1n) is 8.03. The van der Waals surface area contributed by atoms with Crippen LogP contribution in [0.3, 0.4) is 0 Å². The first-order valence-corrected chi connectivity index (χ1v) is 8.03. The highest BCUT2D eigenvalue weighted by molar-refractivity contribution is 5.96. The minimum absolute atomic E-state index is 0.130. The molecule has 0 spiro atoms. The Balaban J connectivity index is 1.95. The third-order valence-corrected chi connectivity index (χ3v) is 3.87. The number of benzene rings is 1. The van der Waals surface area contributed by atoms with Crippen LogP contribution in [0.25, 0.3) is 5.69 Å². The summed E-state index contributed by atoms with van der Waals surface area (Å²) in [6, 6.07) is 13.5. The molecular weight excluding hydrogens is 302 g/mol. The highest BCUT2D eigenvalue weighted by atomic mass is 16.3. The van der Waals surface area contributed by atoms with Crippen LogP contribution in [0.4, 0.5) is 0 Å². The van der Waals surface area contributed by atoms with E-state index in [9.17, 15) is 4.79 Å². The molecule has 2 heterocycles. The predicted molar refractivity (Wildman–Crippen MR) is 92.3 cm³/mol. The molecule has 0 bridgehead atoms. The molecule has 0 unspecified atom stereocenters. The van der Waals surface area contributed by atoms with Crippen LogP contribution >= 0.6 is 0 Å². The molecule has 1 amide bonds. The van der Waals surface area contributed by atoms with Gasteiger partial charge in [0.25, 0.3) is 5.91 Å². The zero-order valence-electron chi connectivity index (χ0n) is 14.1. The lowest BCUT2D eigenvalue weighted by atomic mass is 10.0. The topological polar surface area (TPSA) is 60.1 Å². The van der Waals surface area contributed by atoms with Crippen molar-refractivity contribution >= 4 is 5.91 Å². The van der Waals surface area contributed by atoms with E-state index < -0.39 is 0 Å². The number of nitrogens with one attached hydrogen (secondary N) is 1. The van der Waals surface area contributed by atoms with Gasteiger partial charge in [-0.15, -0.1) is 0 Å². The average Bonchev–Trinajstić information content (AvgIpc) is 3.21. The predicted octanol–water partition coefficient (Wildman–Crippen LogP) is 3.83. The van der Waals surface area contributed by atoms with Gasteiger partial charge in [0.15, 0.2) is 0 Å². The van der Waals surface area contributed by atoms with Crippen LogP contribution in [0.2, 0.25) is 0 Å². The molecule has 5 heteroatoms. The first-order chi connectivity index (χ1) is 11.6. The van der Waals surface area contributed by atoms with Gasteiger partial charge in [0.2, 0.25) is 0 Å². The lowest BCUT2D eigenvalue weighted by Gasteiger charge is -2.12. The van der Waals surface area contributed by atoms with E-state index in [1.165, 1.54) is 0 Å². The second-order valence-corrected chi connectivity index (χ2v) is 6.01. The Morgan fingerprint density at radius 3 is 2.58 bits per heavy atom. The number of rotatable bonds is 5. The van der Waals surface area contributed by atoms with Gasteiger partial charge in [-0.25, -0.2) is 4.68 Å². The number of aryl methyl sites for hydroxylation is 1. The summed E-state index contributed by atoms with van der Waals surface area (Å²) in [4.78, 5) is 12.7. The van der Waals surface area contributed by atoms with Crippen molar-refractivity contribution < 1.29 is 9.21 Å². The van der Waals surface area contributed by atoms with Gasteiger partial charge in [0.05, 0.1) is 35.4 Å². The summed E-state index contributed by atoms with van der Waals surface area (Å²) in [5.41, 5.74) is 3.23. The monoisotopic (exact) mass is 323 g/mol. The Labute approximate surface area is 141 Å². The third-order valence-electron chi connectivity index (χ3n) is 3.87. The van der Waals surface area contributed by atoms with Gasteiger partial charge in [-0.2, -0.15) is 5.10 Å². The Morgan fingerprint density at radius 2 is 1.96 bits per heavy atom. The molecule has 0 saturated carbocycles. The Kier molecular flexibility index (Phi) is 4.51. The molecule has 0 radical (unpaired) electrons. The Morgan fingerprint density at radius 1 is 1.21 bits per heavy atom. The fourth-order valence-corrected chi connectivity index (χ4v) is 2.79. The molecule has 3 rings (SSSR count). The van der Waals surface area contributed by atoms with Crippen LogP contribution in [-0.4, -0.2) is 15.7 Å². The van der Waals surface area contributed by atoms with Crippen molar-refractivity contribution in [2.45, 2.75) is 33.2 Å². The summed E-state index contributed by atoms with van der Waals surface area (Å²) in [7, 11) is 0. The van der Waals surface area contributed by atoms with Crippen LogP contribution in [-0.2, 0) is 6.54 Å². The second-order valence-electron chi connectivity index (χ2n) is 6.01. The van der Waals surface area contributed by atoms with E-state index in [0.29, 0.717) is 12.1 Å². The molecular formula is C19H21N3O2. The highest BCUT2D eigenvalue weighted by Gasteiger charge is 2.24. The van der Waals surface area contributed by atoms with Crippen molar-refractivity contribution in [3.05, 3.63) is 71.4 Å². The summed E-state index contributed by atoms with van der Waals surface area (Å²) < 4.78 is 7.13. The van der Waals surface area contributed by atoms with E-state index >= 15 is 0 Å². The largest absolute Gasteiger partial charge is 0.467 e. The Hall–Kier alpha value is -2.82. The van der Waals surface area contributed by atoms with Crippen molar-refractivity contribution in [3.63, 3.8) is 0 Å². The highest BCUT2D eigenvalue weighted by Crippen LogP contribution is 2.25. The summed E-state index contributed by atoms with van der Waals surface area (Å²) in [5, 5.41) is 7.52. The molecule has 0 fully saturated rings. The van der Waals surface area contributed by atoms with Crippen LogP contribution in [0.15, 0.2) is 53.1 Å². The number of amides is 1. The van der Waals surface area contributed by atoms with Crippen LogP contribution < -0.4 is 5.32 Å². The normalized spacial score (nSPS) is 11.0.